The molecule has 96 valence electrons. The van der Waals surface area contributed by atoms with Crippen LogP contribution in [-0.2, 0) is 0 Å². The van der Waals surface area contributed by atoms with Crippen LogP contribution in [0.1, 0.15) is 0 Å². The summed E-state index contributed by atoms with van der Waals surface area (Å²) in [7, 11) is 0. The van der Waals surface area contributed by atoms with Crippen LogP contribution in [0.2, 0.25) is 0 Å². The number of nitrogen functional groups attached to an aromatic ring is 2. The molecular formula is C12H23N5. The third-order valence-electron chi connectivity index (χ3n) is 2.09. The predicted octanol–water partition coefficient (Wildman–Crippen LogP) is 2.35. The minimum absolute atomic E-state index is 0. The first kappa shape index (κ1) is 17.4. The van der Waals surface area contributed by atoms with Crippen molar-refractivity contribution in [2.75, 3.05) is 29.5 Å². The molecule has 0 spiro atoms. The first-order chi connectivity index (χ1) is 7.19. The fraction of sp³-hybridized carbons (Fsp3) is 0.167. The van der Waals surface area contributed by atoms with Gasteiger partial charge in [0.1, 0.15) is 0 Å². The molecule has 5 heteroatoms. The zero-order chi connectivity index (χ0) is 11.3. The van der Waals surface area contributed by atoms with Crippen molar-refractivity contribution in [3.8, 4) is 0 Å². The fourth-order valence-corrected chi connectivity index (χ4v) is 1.42. The Hall–Kier alpha value is -1.98. The van der Waals surface area contributed by atoms with E-state index < -0.39 is 0 Å². The summed E-state index contributed by atoms with van der Waals surface area (Å²) in [5.74, 6) is 0. The van der Waals surface area contributed by atoms with Crippen LogP contribution < -0.4 is 28.7 Å². The van der Waals surface area contributed by atoms with Gasteiger partial charge in [0.15, 0.2) is 0 Å². The summed E-state index contributed by atoms with van der Waals surface area (Å²) in [4.78, 5) is 2.06. The number of anilines is 3. The maximum atomic E-state index is 5.89. The van der Waals surface area contributed by atoms with E-state index >= 15 is 0 Å². The van der Waals surface area contributed by atoms with E-state index in [0.717, 1.165) is 18.8 Å². The third kappa shape index (κ3) is 4.58. The highest BCUT2D eigenvalue weighted by Crippen LogP contribution is 2.25. The number of nitrogens with two attached hydrogens (primary N) is 2. The Bertz CT molecular complexity index is 352. The van der Waals surface area contributed by atoms with Gasteiger partial charge in [-0.2, -0.15) is 0 Å². The van der Waals surface area contributed by atoms with Gasteiger partial charge in [-0.05, 0) is 18.2 Å². The van der Waals surface area contributed by atoms with Crippen LogP contribution in [0.25, 0.3) is 0 Å². The summed E-state index contributed by atoms with van der Waals surface area (Å²) in [6.45, 7) is 8.87. The normalized spacial score (nSPS) is 8.47. The van der Waals surface area contributed by atoms with Gasteiger partial charge in [0.25, 0.3) is 0 Å². The number of hydrogen-bond donors (Lipinski definition) is 4. The van der Waals surface area contributed by atoms with Crippen molar-refractivity contribution >= 4 is 17.1 Å². The second-order valence-corrected chi connectivity index (χ2v) is 3.30. The summed E-state index contributed by atoms with van der Waals surface area (Å²) in [5.41, 5.74) is 14.0. The highest BCUT2D eigenvalue weighted by Gasteiger charge is 2.06. The Morgan fingerprint density at radius 3 is 2.06 bits per heavy atom. The highest BCUT2D eigenvalue weighted by molar-refractivity contribution is 5.72. The Kier molecular flexibility index (Phi) is 8.41. The minimum atomic E-state index is 0. The molecule has 0 aliphatic heterocycles. The van der Waals surface area contributed by atoms with Gasteiger partial charge >= 0.3 is 0 Å². The first-order valence-corrected chi connectivity index (χ1v) is 4.80. The van der Waals surface area contributed by atoms with E-state index in [1.165, 1.54) is 0 Å². The molecule has 10 N–H and O–H groups in total. The van der Waals surface area contributed by atoms with Crippen LogP contribution >= 0.6 is 0 Å². The van der Waals surface area contributed by atoms with Crippen LogP contribution in [0.4, 0.5) is 17.1 Å². The molecule has 0 unspecified atom stereocenters. The quantitative estimate of drug-likeness (QED) is 0.462. The third-order valence-corrected chi connectivity index (χ3v) is 2.09. The SMILES string of the molecule is C=CCN(CC=C)c1cc(N)ccc1N.N.N. The molecule has 0 atom stereocenters. The van der Waals surface area contributed by atoms with Gasteiger partial charge in [-0.15, -0.1) is 13.2 Å². The summed E-state index contributed by atoms with van der Waals surface area (Å²) in [5, 5.41) is 0. The van der Waals surface area contributed by atoms with Crippen molar-refractivity contribution in [3.63, 3.8) is 0 Å². The highest BCUT2D eigenvalue weighted by atomic mass is 15.1. The van der Waals surface area contributed by atoms with Gasteiger partial charge in [0, 0.05) is 18.8 Å². The van der Waals surface area contributed by atoms with Crippen LogP contribution in [-0.4, -0.2) is 13.1 Å². The van der Waals surface area contributed by atoms with Crippen molar-refractivity contribution in [3.05, 3.63) is 43.5 Å². The second kappa shape index (κ2) is 8.20. The lowest BCUT2D eigenvalue weighted by molar-refractivity contribution is 0.959. The lowest BCUT2D eigenvalue weighted by Crippen LogP contribution is -2.24. The van der Waals surface area contributed by atoms with Gasteiger partial charge in [-0.1, -0.05) is 12.2 Å². The van der Waals surface area contributed by atoms with Gasteiger partial charge in [0.2, 0.25) is 0 Å². The number of rotatable bonds is 5. The van der Waals surface area contributed by atoms with Crippen molar-refractivity contribution in [2.24, 2.45) is 0 Å². The minimum Gasteiger partial charge on any atom is -0.399 e. The summed E-state index contributed by atoms with van der Waals surface area (Å²) in [6, 6.07) is 5.46. The topological polar surface area (TPSA) is 125 Å². The van der Waals surface area contributed by atoms with Gasteiger partial charge in [0.05, 0.1) is 11.4 Å². The predicted molar refractivity (Wildman–Crippen MR) is 77.9 cm³/mol. The van der Waals surface area contributed by atoms with Crippen LogP contribution in [0.15, 0.2) is 43.5 Å². The Morgan fingerprint density at radius 2 is 1.59 bits per heavy atom. The number of hydrogen-bond acceptors (Lipinski definition) is 5. The molecule has 0 heterocycles. The van der Waals surface area contributed by atoms with Crippen molar-refractivity contribution < 1.29 is 0 Å². The smallest absolute Gasteiger partial charge is 0.0626 e. The standard InChI is InChI=1S/C12H17N3.2H3N/c1-3-7-15(8-4-2)12-9-10(13)5-6-11(12)14;;/h3-6,9H,1-2,7-8,13-14H2;2*1H3. The van der Waals surface area contributed by atoms with Gasteiger partial charge in [-0.25, -0.2) is 0 Å². The van der Waals surface area contributed by atoms with Gasteiger partial charge in [-0.3, -0.25) is 0 Å². The monoisotopic (exact) mass is 237 g/mol. The van der Waals surface area contributed by atoms with Crippen LogP contribution in [0.3, 0.4) is 0 Å². The maximum Gasteiger partial charge on any atom is 0.0626 e. The molecule has 1 rings (SSSR count). The van der Waals surface area contributed by atoms with Crippen LogP contribution in [0, 0.1) is 0 Å². The molecular weight excluding hydrogens is 214 g/mol. The molecule has 0 saturated heterocycles. The van der Waals surface area contributed by atoms with Crippen LogP contribution in [0.5, 0.6) is 0 Å². The van der Waals surface area contributed by atoms with Gasteiger partial charge < -0.3 is 28.7 Å². The summed E-state index contributed by atoms with van der Waals surface area (Å²) >= 11 is 0. The lowest BCUT2D eigenvalue weighted by atomic mass is 10.2. The molecule has 1 aromatic carbocycles. The average molecular weight is 237 g/mol. The Morgan fingerprint density at radius 1 is 1.06 bits per heavy atom. The largest absolute Gasteiger partial charge is 0.399 e. The molecule has 17 heavy (non-hydrogen) atoms. The van der Waals surface area contributed by atoms with Crippen molar-refractivity contribution in [1.29, 1.82) is 0 Å². The number of nitrogens with zero attached hydrogens (tertiary/aromatic N) is 1. The zero-order valence-corrected chi connectivity index (χ0v) is 10.2. The maximum absolute atomic E-state index is 5.89. The molecule has 1 aromatic rings. The summed E-state index contributed by atoms with van der Waals surface area (Å²) < 4.78 is 0. The molecule has 5 nitrogen and oxygen atoms in total. The van der Waals surface area contributed by atoms with E-state index in [0.29, 0.717) is 11.4 Å². The Balaban J connectivity index is 0. The number of benzene rings is 1. The summed E-state index contributed by atoms with van der Waals surface area (Å²) in [6.07, 6.45) is 3.65. The van der Waals surface area contributed by atoms with Crippen molar-refractivity contribution in [1.82, 2.24) is 12.3 Å². The fourth-order valence-electron chi connectivity index (χ4n) is 1.42. The molecule has 0 bridgehead atoms. The molecule has 0 aliphatic carbocycles. The first-order valence-electron chi connectivity index (χ1n) is 4.80. The van der Waals surface area contributed by atoms with E-state index in [-0.39, 0.29) is 12.3 Å². The van der Waals surface area contributed by atoms with E-state index in [1.807, 2.05) is 24.3 Å². The Labute approximate surface area is 103 Å². The molecule has 0 saturated carbocycles. The van der Waals surface area contributed by atoms with E-state index in [4.69, 9.17) is 11.5 Å². The van der Waals surface area contributed by atoms with E-state index in [9.17, 15) is 0 Å². The molecule has 0 radical (unpaired) electrons. The van der Waals surface area contributed by atoms with E-state index in [2.05, 4.69) is 18.1 Å². The molecule has 0 aliphatic rings. The van der Waals surface area contributed by atoms with E-state index in [1.54, 1.807) is 6.07 Å². The second-order valence-electron chi connectivity index (χ2n) is 3.30. The van der Waals surface area contributed by atoms with Crippen molar-refractivity contribution in [2.45, 2.75) is 0 Å². The molecule has 0 fully saturated rings. The zero-order valence-electron chi connectivity index (χ0n) is 10.2. The molecule has 0 aromatic heterocycles. The average Bonchev–Trinajstić information content (AvgIpc) is 2.21. The lowest BCUT2D eigenvalue weighted by Gasteiger charge is -2.23. The molecule has 0 amide bonds.